The molecule has 134 valence electrons. The molecule has 1 saturated heterocycles. The second kappa shape index (κ2) is 7.78. The first kappa shape index (κ1) is 17.6. The molecule has 0 N–H and O–H groups in total. The van der Waals surface area contributed by atoms with E-state index in [1.807, 2.05) is 24.0 Å². The van der Waals surface area contributed by atoms with Crippen molar-refractivity contribution in [1.29, 1.82) is 0 Å². The molecule has 6 nitrogen and oxygen atoms in total. The van der Waals surface area contributed by atoms with Gasteiger partial charge in [-0.1, -0.05) is 36.8 Å². The molecule has 1 aliphatic heterocycles. The number of carbonyl (C=O) groups excluding carboxylic acids is 1. The van der Waals surface area contributed by atoms with Crippen molar-refractivity contribution in [2.75, 3.05) is 26.2 Å². The van der Waals surface area contributed by atoms with Gasteiger partial charge in [0.05, 0.1) is 12.5 Å². The number of carbonyl (C=O) groups is 1. The van der Waals surface area contributed by atoms with Crippen LogP contribution in [0.4, 0.5) is 0 Å². The van der Waals surface area contributed by atoms with Gasteiger partial charge in [-0.05, 0) is 19.4 Å². The zero-order chi connectivity index (χ0) is 17.8. The van der Waals surface area contributed by atoms with Crippen molar-refractivity contribution in [3.63, 3.8) is 0 Å². The number of hydrogen-bond acceptors (Lipinski definition) is 5. The van der Waals surface area contributed by atoms with Crippen LogP contribution in [0.3, 0.4) is 0 Å². The molecule has 0 aliphatic carbocycles. The Morgan fingerprint density at radius 3 is 2.44 bits per heavy atom. The maximum absolute atomic E-state index is 12.5. The number of amides is 1. The molecule has 1 amide bonds. The highest BCUT2D eigenvalue weighted by Crippen LogP contribution is 2.21. The smallest absolute Gasteiger partial charge is 0.233 e. The van der Waals surface area contributed by atoms with Gasteiger partial charge >= 0.3 is 0 Å². The fraction of sp³-hybridized carbons (Fsp3) is 0.526. The number of benzene rings is 1. The van der Waals surface area contributed by atoms with Gasteiger partial charge in [0.2, 0.25) is 17.7 Å². The Kier molecular flexibility index (Phi) is 5.48. The Morgan fingerprint density at radius 1 is 1.16 bits per heavy atom. The van der Waals surface area contributed by atoms with Crippen molar-refractivity contribution in [2.45, 2.75) is 39.7 Å². The van der Waals surface area contributed by atoms with Gasteiger partial charge in [0.1, 0.15) is 0 Å². The van der Waals surface area contributed by atoms with Crippen LogP contribution in [0.2, 0.25) is 0 Å². The van der Waals surface area contributed by atoms with Crippen LogP contribution in [-0.2, 0) is 17.6 Å². The molecule has 1 aromatic carbocycles. The molecule has 6 heteroatoms. The van der Waals surface area contributed by atoms with Gasteiger partial charge in [0.15, 0.2) is 0 Å². The summed E-state index contributed by atoms with van der Waals surface area (Å²) in [5, 5.41) is 8.18. The third-order valence-electron chi connectivity index (χ3n) is 4.83. The maximum atomic E-state index is 12.5. The summed E-state index contributed by atoms with van der Waals surface area (Å²) < 4.78 is 5.67. The first-order chi connectivity index (χ1) is 12.1. The van der Waals surface area contributed by atoms with Crippen molar-refractivity contribution < 1.29 is 9.21 Å². The summed E-state index contributed by atoms with van der Waals surface area (Å²) in [5.74, 6) is 1.53. The third kappa shape index (κ3) is 4.25. The highest BCUT2D eigenvalue weighted by atomic mass is 16.4. The Bertz CT molecular complexity index is 702. The lowest BCUT2D eigenvalue weighted by atomic mass is 10.1. The summed E-state index contributed by atoms with van der Waals surface area (Å²) >= 11 is 0. The van der Waals surface area contributed by atoms with Crippen molar-refractivity contribution in [1.82, 2.24) is 20.0 Å². The van der Waals surface area contributed by atoms with E-state index in [2.05, 4.69) is 41.1 Å². The number of hydrogen-bond donors (Lipinski definition) is 0. The Hall–Kier alpha value is -2.21. The summed E-state index contributed by atoms with van der Waals surface area (Å²) in [6.45, 7) is 9.26. The molecule has 2 aromatic rings. The van der Waals surface area contributed by atoms with Crippen LogP contribution >= 0.6 is 0 Å². The van der Waals surface area contributed by atoms with E-state index in [1.165, 1.54) is 5.56 Å². The Balaban J connectivity index is 1.52. The van der Waals surface area contributed by atoms with E-state index in [0.29, 0.717) is 18.2 Å². The molecule has 1 atom stereocenters. The van der Waals surface area contributed by atoms with Crippen LogP contribution in [0.5, 0.6) is 0 Å². The molecule has 0 bridgehead atoms. The van der Waals surface area contributed by atoms with Crippen LogP contribution in [0.15, 0.2) is 28.7 Å². The highest BCUT2D eigenvalue weighted by Gasteiger charge is 2.27. The van der Waals surface area contributed by atoms with E-state index in [-0.39, 0.29) is 11.9 Å². The molecule has 1 aliphatic rings. The SMILES string of the molecule is CCc1nnc(C(C)N2CCN(C(=O)Cc3ccc(C)cc3)CC2)o1. The van der Waals surface area contributed by atoms with Crippen molar-refractivity contribution in [3.8, 4) is 0 Å². The number of aryl methyl sites for hydroxylation is 2. The molecule has 2 heterocycles. The zero-order valence-electron chi connectivity index (χ0n) is 15.2. The van der Waals surface area contributed by atoms with Gasteiger partial charge in [-0.3, -0.25) is 9.69 Å². The summed E-state index contributed by atoms with van der Waals surface area (Å²) in [4.78, 5) is 16.8. The van der Waals surface area contributed by atoms with Gasteiger partial charge in [-0.25, -0.2) is 0 Å². The Labute approximate surface area is 148 Å². The molecule has 0 spiro atoms. The van der Waals surface area contributed by atoms with E-state index in [4.69, 9.17) is 4.42 Å². The average molecular weight is 342 g/mol. The van der Waals surface area contributed by atoms with E-state index < -0.39 is 0 Å². The monoisotopic (exact) mass is 342 g/mol. The average Bonchev–Trinajstić information content (AvgIpc) is 3.12. The van der Waals surface area contributed by atoms with E-state index in [0.717, 1.165) is 38.2 Å². The zero-order valence-corrected chi connectivity index (χ0v) is 15.2. The van der Waals surface area contributed by atoms with Crippen LogP contribution < -0.4 is 0 Å². The lowest BCUT2D eigenvalue weighted by Crippen LogP contribution is -2.49. The minimum absolute atomic E-state index is 0.0853. The minimum Gasteiger partial charge on any atom is -0.424 e. The Morgan fingerprint density at radius 2 is 1.84 bits per heavy atom. The quantitative estimate of drug-likeness (QED) is 0.835. The van der Waals surface area contributed by atoms with Crippen molar-refractivity contribution in [2.24, 2.45) is 0 Å². The van der Waals surface area contributed by atoms with Gasteiger partial charge < -0.3 is 9.32 Å². The molecule has 1 unspecified atom stereocenters. The van der Waals surface area contributed by atoms with Gasteiger partial charge in [0, 0.05) is 32.6 Å². The number of aromatic nitrogens is 2. The summed E-state index contributed by atoms with van der Waals surface area (Å²) in [6.07, 6.45) is 1.22. The molecular formula is C19H26N4O2. The summed E-state index contributed by atoms with van der Waals surface area (Å²) in [5.41, 5.74) is 2.29. The second-order valence-electron chi connectivity index (χ2n) is 6.64. The predicted octanol–water partition coefficient (Wildman–Crippen LogP) is 2.39. The van der Waals surface area contributed by atoms with E-state index in [1.54, 1.807) is 0 Å². The molecule has 0 saturated carbocycles. The van der Waals surface area contributed by atoms with Crippen molar-refractivity contribution in [3.05, 3.63) is 47.2 Å². The molecule has 3 rings (SSSR count). The lowest BCUT2D eigenvalue weighted by Gasteiger charge is -2.37. The summed E-state index contributed by atoms with van der Waals surface area (Å²) in [7, 11) is 0. The molecular weight excluding hydrogens is 316 g/mol. The van der Waals surface area contributed by atoms with Crippen molar-refractivity contribution >= 4 is 5.91 Å². The number of nitrogens with zero attached hydrogens (tertiary/aromatic N) is 4. The normalized spacial score (nSPS) is 16.8. The van der Waals surface area contributed by atoms with Crippen LogP contribution in [0.25, 0.3) is 0 Å². The number of rotatable bonds is 5. The summed E-state index contributed by atoms with van der Waals surface area (Å²) in [6, 6.07) is 8.26. The molecule has 1 fully saturated rings. The van der Waals surface area contributed by atoms with Crippen LogP contribution in [0, 0.1) is 6.92 Å². The van der Waals surface area contributed by atoms with Crippen LogP contribution in [-0.4, -0.2) is 52.1 Å². The fourth-order valence-corrected chi connectivity index (χ4v) is 3.09. The number of piperazine rings is 1. The van der Waals surface area contributed by atoms with Gasteiger partial charge in [-0.15, -0.1) is 10.2 Å². The largest absolute Gasteiger partial charge is 0.424 e. The van der Waals surface area contributed by atoms with Crippen LogP contribution in [0.1, 0.15) is 42.8 Å². The predicted molar refractivity (Wildman–Crippen MR) is 95.1 cm³/mol. The standard InChI is InChI=1S/C19H26N4O2/c1-4-17-20-21-19(25-17)15(3)22-9-11-23(12-10-22)18(24)13-16-7-5-14(2)6-8-16/h5-8,15H,4,9-13H2,1-3H3. The maximum Gasteiger partial charge on any atom is 0.233 e. The topological polar surface area (TPSA) is 62.5 Å². The first-order valence-corrected chi connectivity index (χ1v) is 8.96. The lowest BCUT2D eigenvalue weighted by molar-refractivity contribution is -0.132. The van der Waals surface area contributed by atoms with Gasteiger partial charge in [-0.2, -0.15) is 0 Å². The van der Waals surface area contributed by atoms with E-state index >= 15 is 0 Å². The fourth-order valence-electron chi connectivity index (χ4n) is 3.09. The molecule has 25 heavy (non-hydrogen) atoms. The molecule has 0 radical (unpaired) electrons. The first-order valence-electron chi connectivity index (χ1n) is 8.96. The highest BCUT2D eigenvalue weighted by molar-refractivity contribution is 5.78. The third-order valence-corrected chi connectivity index (χ3v) is 4.83. The second-order valence-corrected chi connectivity index (χ2v) is 6.64. The molecule has 1 aromatic heterocycles. The van der Waals surface area contributed by atoms with Gasteiger partial charge in [0.25, 0.3) is 0 Å². The van der Waals surface area contributed by atoms with E-state index in [9.17, 15) is 4.79 Å². The minimum atomic E-state index is 0.0853.